The Hall–Kier alpha value is -3.32. The predicted octanol–water partition coefficient (Wildman–Crippen LogP) is -0.850. The number of nitrogens with zero attached hydrogens (tertiary/aromatic N) is 4. The number of hydrogen-bond acceptors (Lipinski definition) is 9. The van der Waals surface area contributed by atoms with Crippen LogP contribution in [0.1, 0.15) is 22.1 Å². The van der Waals surface area contributed by atoms with Crippen LogP contribution in [0.25, 0.3) is 10.9 Å². The first-order valence-electron chi connectivity index (χ1n) is 9.55. The summed E-state index contributed by atoms with van der Waals surface area (Å²) in [6.45, 7) is -0.534. The second-order valence-corrected chi connectivity index (χ2v) is 6.99. The smallest absolute Gasteiger partial charge is 0.273 e. The third-order valence-corrected chi connectivity index (χ3v) is 5.10. The number of carbonyl (C=O) groups excluding carboxylic acids is 1. The highest BCUT2D eigenvalue weighted by Crippen LogP contribution is 2.30. The van der Waals surface area contributed by atoms with Crippen molar-refractivity contribution in [3.05, 3.63) is 47.9 Å². The number of aliphatic hydroxyl groups excluding tert-OH is 3. The van der Waals surface area contributed by atoms with Crippen molar-refractivity contribution in [1.29, 1.82) is 0 Å². The Morgan fingerprint density at radius 3 is 2.97 bits per heavy atom. The van der Waals surface area contributed by atoms with Gasteiger partial charge in [0.15, 0.2) is 5.69 Å². The van der Waals surface area contributed by atoms with E-state index in [0.717, 1.165) is 21.1 Å². The van der Waals surface area contributed by atoms with Crippen LogP contribution in [0.4, 0.5) is 0 Å². The Morgan fingerprint density at radius 2 is 2.19 bits per heavy atom. The van der Waals surface area contributed by atoms with Gasteiger partial charge in [-0.2, -0.15) is 0 Å². The molecule has 12 nitrogen and oxygen atoms in total. The van der Waals surface area contributed by atoms with Crippen LogP contribution in [0, 0.1) is 0 Å². The van der Waals surface area contributed by atoms with E-state index in [1.54, 1.807) is 6.20 Å². The Balaban J connectivity index is 1.53. The van der Waals surface area contributed by atoms with Crippen LogP contribution in [-0.4, -0.2) is 85.7 Å². The molecule has 1 fully saturated rings. The molecule has 0 bridgehead atoms. The van der Waals surface area contributed by atoms with E-state index in [0.29, 0.717) is 0 Å². The number of nitrogens with one attached hydrogen (secondary N) is 2. The van der Waals surface area contributed by atoms with Gasteiger partial charge < -0.3 is 35.2 Å². The number of carbonyl (C=O) groups is 1. The van der Waals surface area contributed by atoms with Crippen LogP contribution in [0.2, 0.25) is 0 Å². The number of aromatic amines is 1. The topological polar surface area (TPSA) is 167 Å². The number of benzene rings is 1. The molecule has 1 aliphatic heterocycles. The maximum Gasteiger partial charge on any atom is 0.273 e. The van der Waals surface area contributed by atoms with Gasteiger partial charge in [-0.1, -0.05) is 28.6 Å². The normalized spacial score (nSPS) is 26.4. The number of H-pyrrole nitrogens is 1. The first-order valence-corrected chi connectivity index (χ1v) is 9.55. The Kier molecular flexibility index (Phi) is 5.95. The zero-order valence-electron chi connectivity index (χ0n) is 16.5. The molecule has 5 N–H and O–H groups in total. The second-order valence-electron chi connectivity index (χ2n) is 6.99. The molecule has 0 unspecified atom stereocenters. The molecule has 1 aliphatic rings. The van der Waals surface area contributed by atoms with Gasteiger partial charge in [0.05, 0.1) is 19.0 Å². The SMILES string of the molecule is CNC(=O)c1cn([C@H]2[C@@H](O)[C@@H](CO)O[C@@H](ON=Cc3c[nH]c4ccccc34)[C@@H]2O)nn1. The number of ether oxygens (including phenoxy) is 1. The molecular weight excluding hydrogens is 408 g/mol. The van der Waals surface area contributed by atoms with E-state index >= 15 is 0 Å². The van der Waals surface area contributed by atoms with Crippen LogP contribution in [-0.2, 0) is 9.57 Å². The zero-order chi connectivity index (χ0) is 22.0. The summed E-state index contributed by atoms with van der Waals surface area (Å²) >= 11 is 0. The van der Waals surface area contributed by atoms with Crippen molar-refractivity contribution in [3.8, 4) is 0 Å². The number of hydrogen-bond donors (Lipinski definition) is 5. The fourth-order valence-electron chi connectivity index (χ4n) is 3.47. The molecular formula is C19H22N6O6. The Labute approximate surface area is 176 Å². The highest BCUT2D eigenvalue weighted by molar-refractivity contribution is 5.98. The summed E-state index contributed by atoms with van der Waals surface area (Å²) in [6, 6.07) is 6.55. The van der Waals surface area contributed by atoms with Gasteiger partial charge in [0, 0.05) is 29.7 Å². The first kappa shape index (κ1) is 20.9. The van der Waals surface area contributed by atoms with E-state index in [-0.39, 0.29) is 5.69 Å². The number of oxime groups is 1. The van der Waals surface area contributed by atoms with Crippen LogP contribution in [0.3, 0.4) is 0 Å². The van der Waals surface area contributed by atoms with Gasteiger partial charge in [-0.05, 0) is 6.07 Å². The number of aromatic nitrogens is 4. The van der Waals surface area contributed by atoms with Gasteiger partial charge >= 0.3 is 0 Å². The van der Waals surface area contributed by atoms with E-state index in [1.807, 2.05) is 24.3 Å². The van der Waals surface area contributed by atoms with E-state index in [1.165, 1.54) is 19.5 Å². The van der Waals surface area contributed by atoms with Crippen molar-refractivity contribution >= 4 is 23.0 Å². The molecule has 3 heterocycles. The standard InChI is InChI=1S/C19H22N6O6/c1-20-18(29)13-8-25(24-23-13)15-16(27)14(9-26)30-19(17(15)28)31-22-7-10-6-21-12-5-3-2-4-11(10)12/h2-8,14-17,19,21,26-28H,9H2,1H3,(H,20,29)/t14-,15+,16+,17-,19+/m1/s1. The maximum absolute atomic E-state index is 11.7. The summed E-state index contributed by atoms with van der Waals surface area (Å²) in [4.78, 5) is 20.2. The lowest BCUT2D eigenvalue weighted by atomic mass is 9.96. The summed E-state index contributed by atoms with van der Waals surface area (Å²) in [6.07, 6.45) is -0.638. The minimum Gasteiger partial charge on any atom is -0.394 e. The summed E-state index contributed by atoms with van der Waals surface area (Å²) in [7, 11) is 1.44. The minimum atomic E-state index is -1.42. The molecule has 0 saturated carbocycles. The number of rotatable bonds is 6. The van der Waals surface area contributed by atoms with Gasteiger partial charge in [0.25, 0.3) is 12.2 Å². The Morgan fingerprint density at radius 1 is 1.39 bits per heavy atom. The molecule has 0 radical (unpaired) electrons. The fraction of sp³-hybridized carbons (Fsp3) is 0.368. The van der Waals surface area contributed by atoms with Crippen LogP contribution >= 0.6 is 0 Å². The van der Waals surface area contributed by atoms with Gasteiger partial charge in [-0.25, -0.2) is 4.68 Å². The first-order chi connectivity index (χ1) is 15.0. The van der Waals surface area contributed by atoms with Crippen molar-refractivity contribution in [3.63, 3.8) is 0 Å². The lowest BCUT2D eigenvalue weighted by molar-refractivity contribution is -0.287. The number of amides is 1. The molecule has 2 aromatic heterocycles. The van der Waals surface area contributed by atoms with E-state index in [9.17, 15) is 20.1 Å². The summed E-state index contributed by atoms with van der Waals surface area (Å²) in [5.41, 5.74) is 1.70. The van der Waals surface area contributed by atoms with Crippen molar-refractivity contribution in [2.75, 3.05) is 13.7 Å². The van der Waals surface area contributed by atoms with E-state index in [2.05, 4.69) is 25.8 Å². The maximum atomic E-state index is 11.7. The van der Waals surface area contributed by atoms with Crippen molar-refractivity contribution in [2.24, 2.45) is 5.16 Å². The van der Waals surface area contributed by atoms with Crippen LogP contribution < -0.4 is 5.32 Å². The van der Waals surface area contributed by atoms with E-state index in [4.69, 9.17) is 9.57 Å². The molecule has 4 rings (SSSR count). The highest BCUT2D eigenvalue weighted by atomic mass is 16.8. The second kappa shape index (κ2) is 8.81. The molecule has 1 amide bonds. The molecule has 0 aliphatic carbocycles. The number of fused-ring (bicyclic) bond motifs is 1. The molecule has 0 spiro atoms. The molecule has 3 aromatic rings. The lowest BCUT2D eigenvalue weighted by Crippen LogP contribution is -2.56. The van der Waals surface area contributed by atoms with Gasteiger partial charge in [0.2, 0.25) is 0 Å². The summed E-state index contributed by atoms with van der Waals surface area (Å²) < 4.78 is 6.60. The monoisotopic (exact) mass is 430 g/mol. The molecule has 31 heavy (non-hydrogen) atoms. The minimum absolute atomic E-state index is 0.00349. The van der Waals surface area contributed by atoms with Crippen LogP contribution in [0.15, 0.2) is 41.8 Å². The van der Waals surface area contributed by atoms with Gasteiger partial charge in [-0.15, -0.1) is 5.10 Å². The van der Waals surface area contributed by atoms with Crippen molar-refractivity contribution in [2.45, 2.75) is 30.6 Å². The zero-order valence-corrected chi connectivity index (χ0v) is 16.5. The molecule has 5 atom stereocenters. The highest BCUT2D eigenvalue weighted by Gasteiger charge is 2.47. The van der Waals surface area contributed by atoms with Crippen molar-refractivity contribution in [1.82, 2.24) is 25.3 Å². The third kappa shape index (κ3) is 4.01. The lowest BCUT2D eigenvalue weighted by Gasteiger charge is -2.40. The van der Waals surface area contributed by atoms with E-state index < -0.39 is 43.2 Å². The summed E-state index contributed by atoms with van der Waals surface area (Å²) in [5, 5.41) is 45.7. The fourth-order valence-corrected chi connectivity index (χ4v) is 3.47. The third-order valence-electron chi connectivity index (χ3n) is 5.10. The number of aliphatic hydroxyl groups is 3. The molecule has 164 valence electrons. The Bertz CT molecular complexity index is 1080. The molecule has 12 heteroatoms. The van der Waals surface area contributed by atoms with Crippen molar-refractivity contribution < 1.29 is 29.7 Å². The van der Waals surface area contributed by atoms with Gasteiger partial charge in [-0.3, -0.25) is 4.79 Å². The van der Waals surface area contributed by atoms with Gasteiger partial charge in [0.1, 0.15) is 24.4 Å². The van der Waals surface area contributed by atoms with Crippen LogP contribution in [0.5, 0.6) is 0 Å². The largest absolute Gasteiger partial charge is 0.394 e. The molecule has 1 saturated heterocycles. The average Bonchev–Trinajstić information content (AvgIpc) is 3.43. The number of para-hydroxylation sites is 1. The predicted molar refractivity (Wildman–Crippen MR) is 107 cm³/mol. The quantitative estimate of drug-likeness (QED) is 0.249. The summed E-state index contributed by atoms with van der Waals surface area (Å²) in [5.74, 6) is -0.475. The molecule has 1 aromatic carbocycles. The average molecular weight is 430 g/mol.